The molecule has 0 aromatic carbocycles. The van der Waals surface area contributed by atoms with Crippen molar-refractivity contribution in [3.8, 4) is 0 Å². The summed E-state index contributed by atoms with van der Waals surface area (Å²) >= 11 is 0. The molecule has 338 valence electrons. The van der Waals surface area contributed by atoms with Gasteiger partial charge in [-0.25, -0.2) is 4.57 Å². The normalized spacial score (nSPS) is 13.6. The maximum absolute atomic E-state index is 12.6. The van der Waals surface area contributed by atoms with Crippen LogP contribution in [0.3, 0.4) is 0 Å². The molecule has 57 heavy (non-hydrogen) atoms. The van der Waals surface area contributed by atoms with Crippen LogP contribution in [0.2, 0.25) is 0 Å². The van der Waals surface area contributed by atoms with Gasteiger partial charge in [-0.15, -0.1) is 0 Å². The van der Waals surface area contributed by atoms with E-state index in [0.717, 1.165) is 38.5 Å². The van der Waals surface area contributed by atoms with E-state index >= 15 is 0 Å². The van der Waals surface area contributed by atoms with Crippen LogP contribution >= 0.6 is 7.82 Å². The third kappa shape index (κ3) is 41.0. The first-order valence-corrected chi connectivity index (χ1v) is 25.1. The number of phosphoric acid groups is 1. The van der Waals surface area contributed by atoms with E-state index in [9.17, 15) is 23.8 Å². The Morgan fingerprint density at radius 2 is 0.772 bits per heavy atom. The maximum Gasteiger partial charge on any atom is 0.472 e. The Kier molecular flexibility index (Phi) is 40.1. The summed E-state index contributed by atoms with van der Waals surface area (Å²) in [6.07, 6.45) is 40.2. The predicted molar refractivity (Wildman–Crippen MR) is 231 cm³/mol. The summed E-state index contributed by atoms with van der Waals surface area (Å²) in [5, 5.41) is 8.90. The molecule has 0 amide bonds. The van der Waals surface area contributed by atoms with Crippen molar-refractivity contribution < 1.29 is 47.5 Å². The summed E-state index contributed by atoms with van der Waals surface area (Å²) in [4.78, 5) is 46.0. The van der Waals surface area contributed by atoms with E-state index in [1.165, 1.54) is 161 Å². The molecule has 0 radical (unpaired) electrons. The summed E-state index contributed by atoms with van der Waals surface area (Å²) < 4.78 is 32.8. The second kappa shape index (κ2) is 41.2. The van der Waals surface area contributed by atoms with Gasteiger partial charge in [0.15, 0.2) is 6.10 Å². The van der Waals surface area contributed by atoms with Crippen LogP contribution in [0.4, 0.5) is 0 Å². The molecule has 0 rings (SSSR count). The minimum absolute atomic E-state index is 0.169. The second-order valence-electron chi connectivity index (χ2n) is 16.3. The van der Waals surface area contributed by atoms with Gasteiger partial charge in [0.05, 0.1) is 13.2 Å². The van der Waals surface area contributed by atoms with Crippen molar-refractivity contribution in [2.45, 2.75) is 251 Å². The Labute approximate surface area is 348 Å². The van der Waals surface area contributed by atoms with Crippen molar-refractivity contribution in [1.82, 2.24) is 0 Å². The lowest BCUT2D eigenvalue weighted by Crippen LogP contribution is -2.34. The Morgan fingerprint density at radius 1 is 0.474 bits per heavy atom. The molecule has 0 spiro atoms. The molecule has 12 heteroatoms. The summed E-state index contributed by atoms with van der Waals surface area (Å²) in [7, 11) is -4.71. The molecule has 0 aromatic heterocycles. The van der Waals surface area contributed by atoms with Gasteiger partial charge in [0.2, 0.25) is 0 Å². The first-order valence-electron chi connectivity index (χ1n) is 23.6. The molecule has 3 atom stereocenters. The van der Waals surface area contributed by atoms with Crippen LogP contribution in [0.15, 0.2) is 0 Å². The molecule has 0 heterocycles. The highest BCUT2D eigenvalue weighted by Crippen LogP contribution is 2.43. The highest BCUT2D eigenvalue weighted by molar-refractivity contribution is 7.47. The number of ether oxygens (including phenoxy) is 2. The molecule has 0 aromatic rings. The standard InChI is InChI=1S/C45H88NO10P/c1-3-5-7-9-11-13-15-17-19-20-21-22-23-25-26-28-30-32-34-36-43(47)53-38-41(39-54-57(51,52)55-40-42(46)45(49)50)56-44(48)37-35-33-31-29-27-24-18-16-14-12-10-8-6-4-2/h41-42H,3-40,46H2,1-2H3,(H,49,50)(H,51,52)/t41-,42+/m1/s1. The fourth-order valence-electron chi connectivity index (χ4n) is 6.89. The fourth-order valence-corrected chi connectivity index (χ4v) is 7.67. The molecule has 1 unspecified atom stereocenters. The predicted octanol–water partition coefficient (Wildman–Crippen LogP) is 12.7. The zero-order chi connectivity index (χ0) is 42.1. The molecule has 11 nitrogen and oxygen atoms in total. The summed E-state index contributed by atoms with van der Waals surface area (Å²) in [6.45, 7) is 2.85. The first kappa shape index (κ1) is 55.5. The SMILES string of the molecule is CCCCCCCCCCCCCCCCCCCCCC(=O)OC[C@H](COP(=O)(O)OC[C@H](N)C(=O)O)OC(=O)CCCCCCCCCCCCCCCC. The molecule has 0 saturated carbocycles. The van der Waals surface area contributed by atoms with E-state index in [0.29, 0.717) is 12.8 Å². The van der Waals surface area contributed by atoms with Crippen LogP contribution in [0, 0.1) is 0 Å². The number of phosphoric ester groups is 1. The molecule has 0 aliphatic heterocycles. The smallest absolute Gasteiger partial charge is 0.472 e. The molecule has 0 aliphatic carbocycles. The van der Waals surface area contributed by atoms with Crippen molar-refractivity contribution in [3.63, 3.8) is 0 Å². The monoisotopic (exact) mass is 834 g/mol. The molecule has 0 saturated heterocycles. The van der Waals surface area contributed by atoms with Gasteiger partial charge in [-0.05, 0) is 12.8 Å². The molecule has 0 fully saturated rings. The quantitative estimate of drug-likeness (QED) is 0.0303. The Bertz CT molecular complexity index is 984. The van der Waals surface area contributed by atoms with E-state index in [4.69, 9.17) is 24.8 Å². The van der Waals surface area contributed by atoms with Gasteiger partial charge in [-0.2, -0.15) is 0 Å². The van der Waals surface area contributed by atoms with Crippen LogP contribution in [0.5, 0.6) is 0 Å². The number of carbonyl (C=O) groups is 3. The van der Waals surface area contributed by atoms with E-state index in [-0.39, 0.29) is 19.4 Å². The lowest BCUT2D eigenvalue weighted by atomic mass is 10.0. The summed E-state index contributed by atoms with van der Waals surface area (Å²) in [6, 6.07) is -1.52. The number of nitrogens with two attached hydrogens (primary N) is 1. The number of rotatable bonds is 45. The van der Waals surface area contributed by atoms with Crippen LogP contribution in [-0.2, 0) is 37.5 Å². The Hall–Kier alpha value is -1.52. The van der Waals surface area contributed by atoms with Crippen molar-refractivity contribution >= 4 is 25.7 Å². The third-order valence-corrected chi connectivity index (χ3v) is 11.6. The molecular weight excluding hydrogens is 745 g/mol. The first-order chi connectivity index (χ1) is 27.6. The highest BCUT2D eigenvalue weighted by Gasteiger charge is 2.28. The lowest BCUT2D eigenvalue weighted by Gasteiger charge is -2.20. The molecule has 0 bridgehead atoms. The number of hydrogen-bond donors (Lipinski definition) is 3. The minimum Gasteiger partial charge on any atom is -0.480 e. The van der Waals surface area contributed by atoms with Gasteiger partial charge < -0.3 is 25.2 Å². The average Bonchev–Trinajstić information content (AvgIpc) is 3.19. The van der Waals surface area contributed by atoms with E-state index in [2.05, 4.69) is 18.4 Å². The van der Waals surface area contributed by atoms with Crippen molar-refractivity contribution in [3.05, 3.63) is 0 Å². The maximum atomic E-state index is 12.6. The number of carboxylic acids is 1. The van der Waals surface area contributed by atoms with Crippen LogP contribution in [0.25, 0.3) is 0 Å². The van der Waals surface area contributed by atoms with Gasteiger partial charge in [0, 0.05) is 12.8 Å². The van der Waals surface area contributed by atoms with Gasteiger partial charge in [0.1, 0.15) is 12.6 Å². The van der Waals surface area contributed by atoms with Crippen LogP contribution in [-0.4, -0.2) is 59.9 Å². The zero-order valence-corrected chi connectivity index (χ0v) is 37.6. The molecule has 4 N–H and O–H groups in total. The van der Waals surface area contributed by atoms with Gasteiger partial charge in [0.25, 0.3) is 0 Å². The summed E-state index contributed by atoms with van der Waals surface area (Å²) in [5.74, 6) is -2.35. The van der Waals surface area contributed by atoms with Gasteiger partial charge in [-0.3, -0.25) is 23.4 Å². The lowest BCUT2D eigenvalue weighted by molar-refractivity contribution is -0.161. The van der Waals surface area contributed by atoms with Crippen molar-refractivity contribution in [2.24, 2.45) is 5.73 Å². The number of hydrogen-bond acceptors (Lipinski definition) is 9. The number of unbranched alkanes of at least 4 members (excludes halogenated alkanes) is 31. The molecule has 0 aliphatic rings. The fraction of sp³-hybridized carbons (Fsp3) is 0.933. The molecular formula is C45H88NO10P. The third-order valence-electron chi connectivity index (χ3n) is 10.6. The Balaban J connectivity index is 4.23. The van der Waals surface area contributed by atoms with Gasteiger partial charge in [-0.1, -0.05) is 213 Å². The topological polar surface area (TPSA) is 172 Å². The van der Waals surface area contributed by atoms with E-state index in [1.807, 2.05) is 0 Å². The number of aliphatic carboxylic acids is 1. The average molecular weight is 834 g/mol. The number of carboxylic acid groups (broad SMARTS) is 1. The van der Waals surface area contributed by atoms with E-state index < -0.39 is 51.1 Å². The van der Waals surface area contributed by atoms with E-state index in [1.54, 1.807) is 0 Å². The van der Waals surface area contributed by atoms with Gasteiger partial charge >= 0.3 is 25.7 Å². The largest absolute Gasteiger partial charge is 0.480 e. The zero-order valence-electron chi connectivity index (χ0n) is 36.7. The number of carbonyl (C=O) groups excluding carboxylic acids is 2. The summed E-state index contributed by atoms with van der Waals surface area (Å²) in [5.41, 5.74) is 5.34. The highest BCUT2D eigenvalue weighted by atomic mass is 31.2. The Morgan fingerprint density at radius 3 is 1.11 bits per heavy atom. The number of esters is 2. The second-order valence-corrected chi connectivity index (χ2v) is 17.7. The van der Waals surface area contributed by atoms with Crippen LogP contribution in [0.1, 0.15) is 239 Å². The van der Waals surface area contributed by atoms with Crippen molar-refractivity contribution in [2.75, 3.05) is 19.8 Å². The van der Waals surface area contributed by atoms with Crippen LogP contribution < -0.4 is 5.73 Å². The minimum atomic E-state index is -4.71. The van der Waals surface area contributed by atoms with Crippen molar-refractivity contribution in [1.29, 1.82) is 0 Å².